The first-order valence-corrected chi connectivity index (χ1v) is 6.65. The third-order valence-electron chi connectivity index (χ3n) is 3.57. The van der Waals surface area contributed by atoms with Crippen LogP contribution in [0, 0.1) is 5.92 Å². The minimum Gasteiger partial charge on any atom is -0.480 e. The average molecular weight is 241 g/mol. The van der Waals surface area contributed by atoms with Crippen LogP contribution in [0.4, 0.5) is 0 Å². The van der Waals surface area contributed by atoms with Crippen molar-refractivity contribution in [2.24, 2.45) is 5.92 Å². The van der Waals surface area contributed by atoms with Crippen LogP contribution in [0.25, 0.3) is 0 Å². The van der Waals surface area contributed by atoms with Gasteiger partial charge in [0.1, 0.15) is 6.04 Å². The van der Waals surface area contributed by atoms with Crippen LogP contribution in [0.2, 0.25) is 0 Å². The highest BCUT2D eigenvalue weighted by Gasteiger charge is 2.36. The number of likely N-dealkylation sites (tertiary alicyclic amines) is 1. The fourth-order valence-electron chi connectivity index (χ4n) is 2.47. The molecule has 1 saturated heterocycles. The predicted molar refractivity (Wildman–Crippen MR) is 65.7 cm³/mol. The number of carbonyl (C=O) groups is 2. The zero-order chi connectivity index (χ0) is 12.8. The highest BCUT2D eigenvalue weighted by atomic mass is 16.4. The summed E-state index contributed by atoms with van der Waals surface area (Å²) in [6.45, 7) is 4.72. The van der Waals surface area contributed by atoms with Gasteiger partial charge in [-0.1, -0.05) is 26.7 Å². The summed E-state index contributed by atoms with van der Waals surface area (Å²) in [7, 11) is 0. The van der Waals surface area contributed by atoms with Gasteiger partial charge in [-0.15, -0.1) is 0 Å². The van der Waals surface area contributed by atoms with Crippen molar-refractivity contribution in [3.8, 4) is 0 Å². The second-order valence-corrected chi connectivity index (χ2v) is 4.78. The van der Waals surface area contributed by atoms with Gasteiger partial charge in [0.15, 0.2) is 0 Å². The molecule has 4 nitrogen and oxygen atoms in total. The van der Waals surface area contributed by atoms with Crippen molar-refractivity contribution in [3.05, 3.63) is 0 Å². The summed E-state index contributed by atoms with van der Waals surface area (Å²) in [5.74, 6) is -0.804. The number of carboxylic acid groups (broad SMARTS) is 1. The lowest BCUT2D eigenvalue weighted by Crippen LogP contribution is -2.43. The number of carboxylic acids is 1. The summed E-state index contributed by atoms with van der Waals surface area (Å²) < 4.78 is 0. The second-order valence-electron chi connectivity index (χ2n) is 4.78. The summed E-state index contributed by atoms with van der Waals surface area (Å²) in [6.07, 6.45) is 5.22. The van der Waals surface area contributed by atoms with Gasteiger partial charge in [-0.3, -0.25) is 4.79 Å². The molecule has 0 spiro atoms. The van der Waals surface area contributed by atoms with Crippen LogP contribution in [-0.4, -0.2) is 34.5 Å². The molecule has 1 aliphatic rings. The van der Waals surface area contributed by atoms with Gasteiger partial charge in [0, 0.05) is 12.5 Å². The number of carbonyl (C=O) groups excluding carboxylic acids is 1. The van der Waals surface area contributed by atoms with Crippen LogP contribution < -0.4 is 0 Å². The van der Waals surface area contributed by atoms with Gasteiger partial charge in [-0.25, -0.2) is 4.79 Å². The molecule has 98 valence electrons. The number of unbranched alkanes of at least 4 members (excludes halogenated alkanes) is 1. The lowest BCUT2D eigenvalue weighted by molar-refractivity contribution is -0.150. The molecular weight excluding hydrogens is 218 g/mol. The van der Waals surface area contributed by atoms with Crippen molar-refractivity contribution in [2.75, 3.05) is 6.54 Å². The molecule has 0 radical (unpaired) electrons. The summed E-state index contributed by atoms with van der Waals surface area (Å²) in [5.41, 5.74) is 0. The Balaban J connectivity index is 2.63. The van der Waals surface area contributed by atoms with Crippen molar-refractivity contribution >= 4 is 11.9 Å². The lowest BCUT2D eigenvalue weighted by Gasteiger charge is -2.26. The van der Waals surface area contributed by atoms with Crippen LogP contribution >= 0.6 is 0 Å². The molecule has 1 unspecified atom stereocenters. The Morgan fingerprint density at radius 2 is 2.12 bits per heavy atom. The molecule has 0 aromatic rings. The van der Waals surface area contributed by atoms with E-state index in [0.717, 1.165) is 32.1 Å². The highest BCUT2D eigenvalue weighted by molar-refractivity contribution is 5.85. The first kappa shape index (κ1) is 14.0. The van der Waals surface area contributed by atoms with Gasteiger partial charge in [-0.05, 0) is 25.7 Å². The Morgan fingerprint density at radius 1 is 1.41 bits per heavy atom. The number of nitrogens with zero attached hydrogens (tertiary/aromatic N) is 1. The van der Waals surface area contributed by atoms with E-state index < -0.39 is 12.0 Å². The van der Waals surface area contributed by atoms with Crippen molar-refractivity contribution in [2.45, 2.75) is 58.4 Å². The summed E-state index contributed by atoms with van der Waals surface area (Å²) in [4.78, 5) is 24.9. The van der Waals surface area contributed by atoms with E-state index in [1.54, 1.807) is 4.90 Å². The number of hydrogen-bond acceptors (Lipinski definition) is 2. The molecule has 0 bridgehead atoms. The molecule has 2 atom stereocenters. The lowest BCUT2D eigenvalue weighted by atomic mass is 9.97. The maximum absolute atomic E-state index is 12.3. The van der Waals surface area contributed by atoms with Crippen molar-refractivity contribution in [3.63, 3.8) is 0 Å². The Hall–Kier alpha value is -1.06. The minimum atomic E-state index is -0.860. The number of amides is 1. The second kappa shape index (κ2) is 6.62. The van der Waals surface area contributed by atoms with Gasteiger partial charge in [0.05, 0.1) is 0 Å². The predicted octanol–water partition coefficient (Wildman–Crippen LogP) is 2.28. The molecule has 0 aromatic carbocycles. The summed E-state index contributed by atoms with van der Waals surface area (Å²) in [5, 5.41) is 9.07. The van der Waals surface area contributed by atoms with E-state index in [2.05, 4.69) is 6.92 Å². The highest BCUT2D eigenvalue weighted by Crippen LogP contribution is 2.23. The Morgan fingerprint density at radius 3 is 2.65 bits per heavy atom. The standard InChI is InChI=1S/C13H23NO3/c1-3-5-7-10(4-2)12(15)14-9-6-8-11(14)13(16)17/h10-11H,3-9H2,1-2H3,(H,16,17)/t10?,11-/m1/s1. The fourth-order valence-corrected chi connectivity index (χ4v) is 2.47. The van der Waals surface area contributed by atoms with Crippen molar-refractivity contribution < 1.29 is 14.7 Å². The third kappa shape index (κ3) is 3.45. The quantitative estimate of drug-likeness (QED) is 0.776. The molecule has 1 amide bonds. The molecule has 1 fully saturated rings. The Kier molecular flexibility index (Phi) is 5.45. The van der Waals surface area contributed by atoms with Crippen LogP contribution in [-0.2, 0) is 9.59 Å². The van der Waals surface area contributed by atoms with Gasteiger partial charge >= 0.3 is 5.97 Å². The largest absolute Gasteiger partial charge is 0.480 e. The number of rotatable bonds is 6. The molecule has 1 aliphatic heterocycles. The zero-order valence-corrected chi connectivity index (χ0v) is 10.8. The monoisotopic (exact) mass is 241 g/mol. The third-order valence-corrected chi connectivity index (χ3v) is 3.57. The van der Waals surface area contributed by atoms with E-state index in [1.165, 1.54) is 0 Å². The van der Waals surface area contributed by atoms with Crippen LogP contribution in [0.5, 0.6) is 0 Å². The fraction of sp³-hybridized carbons (Fsp3) is 0.846. The summed E-state index contributed by atoms with van der Waals surface area (Å²) >= 11 is 0. The first-order chi connectivity index (χ1) is 8.11. The summed E-state index contributed by atoms with van der Waals surface area (Å²) in [6, 6.07) is -0.585. The van der Waals surface area contributed by atoms with E-state index in [0.29, 0.717) is 13.0 Å². The van der Waals surface area contributed by atoms with Gasteiger partial charge in [-0.2, -0.15) is 0 Å². The Labute approximate surface area is 103 Å². The van der Waals surface area contributed by atoms with E-state index in [1.807, 2.05) is 6.92 Å². The first-order valence-electron chi connectivity index (χ1n) is 6.65. The number of hydrogen-bond donors (Lipinski definition) is 1. The molecule has 0 aliphatic carbocycles. The van der Waals surface area contributed by atoms with Crippen molar-refractivity contribution in [1.82, 2.24) is 4.90 Å². The van der Waals surface area contributed by atoms with Crippen LogP contribution in [0.3, 0.4) is 0 Å². The van der Waals surface area contributed by atoms with Crippen LogP contribution in [0.15, 0.2) is 0 Å². The molecular formula is C13H23NO3. The smallest absolute Gasteiger partial charge is 0.326 e. The van der Waals surface area contributed by atoms with E-state index in [4.69, 9.17) is 5.11 Å². The Bertz CT molecular complexity index is 278. The topological polar surface area (TPSA) is 57.6 Å². The molecule has 0 saturated carbocycles. The molecule has 1 heterocycles. The SMILES string of the molecule is CCCCC(CC)C(=O)N1CCC[C@@H]1C(=O)O. The van der Waals surface area contributed by atoms with E-state index in [9.17, 15) is 9.59 Å². The average Bonchev–Trinajstić information content (AvgIpc) is 2.78. The van der Waals surface area contributed by atoms with Gasteiger partial charge in [0.2, 0.25) is 5.91 Å². The molecule has 17 heavy (non-hydrogen) atoms. The minimum absolute atomic E-state index is 0.00917. The maximum atomic E-state index is 12.3. The van der Waals surface area contributed by atoms with Crippen molar-refractivity contribution in [1.29, 1.82) is 0 Å². The molecule has 1 N–H and O–H groups in total. The number of aliphatic carboxylic acids is 1. The van der Waals surface area contributed by atoms with Gasteiger partial charge in [0.25, 0.3) is 0 Å². The molecule has 4 heteroatoms. The molecule has 0 aromatic heterocycles. The zero-order valence-electron chi connectivity index (χ0n) is 10.8. The van der Waals surface area contributed by atoms with Gasteiger partial charge < -0.3 is 10.0 Å². The molecule has 1 rings (SSSR count). The maximum Gasteiger partial charge on any atom is 0.326 e. The van der Waals surface area contributed by atoms with E-state index >= 15 is 0 Å². The normalized spacial score (nSPS) is 21.5. The van der Waals surface area contributed by atoms with E-state index in [-0.39, 0.29) is 11.8 Å². The van der Waals surface area contributed by atoms with Crippen LogP contribution in [0.1, 0.15) is 52.4 Å².